The van der Waals surface area contributed by atoms with Crippen LogP contribution < -0.4 is 0 Å². The lowest BCUT2D eigenvalue weighted by molar-refractivity contribution is 0.198. The third kappa shape index (κ3) is 2.22. The van der Waals surface area contributed by atoms with Gasteiger partial charge in [-0.15, -0.1) is 10.2 Å². The van der Waals surface area contributed by atoms with Crippen LogP contribution in [0, 0.1) is 5.92 Å². The Balaban J connectivity index is 1.80. The second-order valence-electron chi connectivity index (χ2n) is 5.05. The molecule has 1 N–H and O–H groups in total. The van der Waals surface area contributed by atoms with E-state index in [0.29, 0.717) is 11.8 Å². The minimum absolute atomic E-state index is 0.280. The highest BCUT2D eigenvalue weighted by molar-refractivity contribution is 7.99. The summed E-state index contributed by atoms with van der Waals surface area (Å²) in [6.07, 6.45) is 4.44. The molecule has 2 aliphatic rings. The van der Waals surface area contributed by atoms with Crippen molar-refractivity contribution in [1.82, 2.24) is 14.8 Å². The van der Waals surface area contributed by atoms with Gasteiger partial charge < -0.3 is 9.67 Å². The van der Waals surface area contributed by atoms with Crippen LogP contribution in [0.15, 0.2) is 0 Å². The summed E-state index contributed by atoms with van der Waals surface area (Å²) in [5.41, 5.74) is 0. The summed E-state index contributed by atoms with van der Waals surface area (Å²) in [5, 5.41) is 17.9. The smallest absolute Gasteiger partial charge is 0.136 e. The van der Waals surface area contributed by atoms with Crippen molar-refractivity contribution in [1.29, 1.82) is 0 Å². The highest BCUT2D eigenvalue weighted by Gasteiger charge is 2.27. The fraction of sp³-hybridized carbons (Fsp3) is 0.833. The monoisotopic (exact) mass is 253 g/mol. The van der Waals surface area contributed by atoms with E-state index in [4.69, 9.17) is 0 Å². The molecule has 17 heavy (non-hydrogen) atoms. The molecule has 0 spiro atoms. The SMILES string of the molecule is OCC1CCn2c(nnc2C2CCSCC2)C1. The first-order valence-corrected chi connectivity index (χ1v) is 7.64. The van der Waals surface area contributed by atoms with Gasteiger partial charge in [0.2, 0.25) is 0 Å². The number of hydrogen-bond acceptors (Lipinski definition) is 4. The molecular weight excluding hydrogens is 234 g/mol. The standard InChI is InChI=1S/C12H19N3OS/c16-8-9-1-4-15-11(7-9)13-14-12(15)10-2-5-17-6-3-10/h9-10,16H,1-8H2. The van der Waals surface area contributed by atoms with Gasteiger partial charge in [-0.1, -0.05) is 0 Å². The zero-order chi connectivity index (χ0) is 11.7. The molecule has 0 aliphatic carbocycles. The van der Waals surface area contributed by atoms with Gasteiger partial charge in [0.1, 0.15) is 11.6 Å². The number of aliphatic hydroxyl groups is 1. The van der Waals surface area contributed by atoms with Crippen LogP contribution in [-0.4, -0.2) is 38.0 Å². The Morgan fingerprint density at radius 1 is 1.24 bits per heavy atom. The molecule has 2 aliphatic heterocycles. The normalized spacial score (nSPS) is 25.8. The molecule has 0 amide bonds. The molecule has 3 heterocycles. The molecule has 1 atom stereocenters. The van der Waals surface area contributed by atoms with E-state index in [2.05, 4.69) is 14.8 Å². The van der Waals surface area contributed by atoms with Crippen molar-refractivity contribution in [2.24, 2.45) is 5.92 Å². The first kappa shape index (κ1) is 11.5. The van der Waals surface area contributed by atoms with E-state index in [1.54, 1.807) is 0 Å². The highest BCUT2D eigenvalue weighted by atomic mass is 32.2. The van der Waals surface area contributed by atoms with Gasteiger partial charge in [0, 0.05) is 25.5 Å². The molecule has 1 aromatic rings. The van der Waals surface area contributed by atoms with Gasteiger partial charge in [-0.05, 0) is 36.7 Å². The van der Waals surface area contributed by atoms with Gasteiger partial charge in [0.15, 0.2) is 0 Å². The first-order valence-electron chi connectivity index (χ1n) is 6.49. The maximum absolute atomic E-state index is 9.21. The molecule has 0 saturated carbocycles. The number of aliphatic hydroxyl groups excluding tert-OH is 1. The Bertz CT molecular complexity index is 387. The van der Waals surface area contributed by atoms with Gasteiger partial charge in [-0.2, -0.15) is 11.8 Å². The molecule has 0 bridgehead atoms. The van der Waals surface area contributed by atoms with Crippen LogP contribution in [0.1, 0.15) is 36.8 Å². The minimum atomic E-state index is 0.280. The molecule has 5 heteroatoms. The van der Waals surface area contributed by atoms with Gasteiger partial charge in [-0.25, -0.2) is 0 Å². The summed E-state index contributed by atoms with van der Waals surface area (Å²) in [4.78, 5) is 0. The van der Waals surface area contributed by atoms with E-state index in [9.17, 15) is 5.11 Å². The fourth-order valence-corrected chi connectivity index (χ4v) is 3.94. The maximum atomic E-state index is 9.21. The number of fused-ring (bicyclic) bond motifs is 1. The van der Waals surface area contributed by atoms with Crippen LogP contribution in [0.5, 0.6) is 0 Å². The average Bonchev–Trinajstić information content (AvgIpc) is 2.82. The number of hydrogen-bond donors (Lipinski definition) is 1. The van der Waals surface area contributed by atoms with Gasteiger partial charge >= 0.3 is 0 Å². The predicted octanol–water partition coefficient (Wildman–Crippen LogP) is 1.44. The van der Waals surface area contributed by atoms with Crippen LogP contribution in [0.4, 0.5) is 0 Å². The molecule has 1 fully saturated rings. The Kier molecular flexibility index (Phi) is 3.38. The summed E-state index contributed by atoms with van der Waals surface area (Å²) in [6.45, 7) is 1.27. The highest BCUT2D eigenvalue weighted by Crippen LogP contribution is 2.32. The molecular formula is C12H19N3OS. The van der Waals surface area contributed by atoms with Crippen LogP contribution in [0.25, 0.3) is 0 Å². The second-order valence-corrected chi connectivity index (χ2v) is 6.28. The average molecular weight is 253 g/mol. The third-order valence-corrected chi connectivity index (χ3v) is 4.98. The second kappa shape index (κ2) is 4.98. The van der Waals surface area contributed by atoms with Crippen molar-refractivity contribution >= 4 is 11.8 Å². The lowest BCUT2D eigenvalue weighted by Crippen LogP contribution is -2.24. The van der Waals surface area contributed by atoms with Crippen LogP contribution in [0.2, 0.25) is 0 Å². The molecule has 0 aromatic carbocycles. The van der Waals surface area contributed by atoms with E-state index < -0.39 is 0 Å². The zero-order valence-electron chi connectivity index (χ0n) is 10.0. The number of aromatic nitrogens is 3. The van der Waals surface area contributed by atoms with Crippen LogP contribution in [-0.2, 0) is 13.0 Å². The van der Waals surface area contributed by atoms with E-state index in [-0.39, 0.29) is 6.61 Å². The largest absolute Gasteiger partial charge is 0.396 e. The molecule has 1 saturated heterocycles. The lowest BCUT2D eigenvalue weighted by Gasteiger charge is -2.25. The van der Waals surface area contributed by atoms with E-state index >= 15 is 0 Å². The topological polar surface area (TPSA) is 50.9 Å². The van der Waals surface area contributed by atoms with E-state index in [0.717, 1.165) is 25.2 Å². The van der Waals surface area contributed by atoms with Crippen molar-refractivity contribution in [2.45, 2.75) is 38.1 Å². The van der Waals surface area contributed by atoms with Gasteiger partial charge in [0.05, 0.1) is 0 Å². The summed E-state index contributed by atoms with van der Waals surface area (Å²) in [5.74, 6) is 5.81. The Labute approximate surface area is 106 Å². The summed E-state index contributed by atoms with van der Waals surface area (Å²) in [7, 11) is 0. The summed E-state index contributed by atoms with van der Waals surface area (Å²) in [6, 6.07) is 0. The third-order valence-electron chi connectivity index (χ3n) is 3.93. The molecule has 3 rings (SSSR count). The minimum Gasteiger partial charge on any atom is -0.396 e. The van der Waals surface area contributed by atoms with Gasteiger partial charge in [-0.3, -0.25) is 0 Å². The van der Waals surface area contributed by atoms with E-state index in [1.807, 2.05) is 11.8 Å². The van der Waals surface area contributed by atoms with Crippen LogP contribution in [0.3, 0.4) is 0 Å². The number of rotatable bonds is 2. The van der Waals surface area contributed by atoms with E-state index in [1.165, 1.54) is 30.2 Å². The summed E-state index contributed by atoms with van der Waals surface area (Å²) < 4.78 is 2.31. The summed E-state index contributed by atoms with van der Waals surface area (Å²) >= 11 is 2.05. The van der Waals surface area contributed by atoms with Crippen molar-refractivity contribution in [3.63, 3.8) is 0 Å². The fourth-order valence-electron chi connectivity index (χ4n) is 2.83. The first-order chi connectivity index (χ1) is 8.38. The number of thioether (sulfide) groups is 1. The predicted molar refractivity (Wildman–Crippen MR) is 68.2 cm³/mol. The van der Waals surface area contributed by atoms with Crippen molar-refractivity contribution < 1.29 is 5.11 Å². The lowest BCUT2D eigenvalue weighted by atomic mass is 9.97. The zero-order valence-corrected chi connectivity index (χ0v) is 10.8. The molecule has 94 valence electrons. The van der Waals surface area contributed by atoms with Crippen molar-refractivity contribution in [3.8, 4) is 0 Å². The molecule has 0 radical (unpaired) electrons. The van der Waals surface area contributed by atoms with Crippen molar-refractivity contribution in [3.05, 3.63) is 11.6 Å². The Morgan fingerprint density at radius 2 is 2.06 bits per heavy atom. The van der Waals surface area contributed by atoms with Crippen LogP contribution >= 0.6 is 11.8 Å². The number of nitrogens with zero attached hydrogens (tertiary/aromatic N) is 3. The molecule has 1 aromatic heterocycles. The van der Waals surface area contributed by atoms with Gasteiger partial charge in [0.25, 0.3) is 0 Å². The maximum Gasteiger partial charge on any atom is 0.136 e. The Hall–Kier alpha value is -0.550. The van der Waals surface area contributed by atoms with Crippen molar-refractivity contribution in [2.75, 3.05) is 18.1 Å². The quantitative estimate of drug-likeness (QED) is 0.866. The Morgan fingerprint density at radius 3 is 2.82 bits per heavy atom. The molecule has 1 unspecified atom stereocenters. The molecule has 4 nitrogen and oxygen atoms in total.